The molecule has 0 spiro atoms. The standard InChI is InChI=1S/C15H20O6.C3H8O3/c16-9-11-12(17)13(18)14(19)15(21-11)20-8-4-7-10-5-2-1-3-6-10;4-1-3(6)2-5/h1-7,11-19H,8-9H2;3-6H,1-2H2/b7-4+;/t11-,12-,13+,14-,15-;/m1./s1. The average molecular weight is 388 g/mol. The molecular formula is C18H28O9. The van der Waals surface area contributed by atoms with Gasteiger partial charge in [0.1, 0.15) is 30.5 Å². The van der Waals surface area contributed by atoms with Crippen LogP contribution in [0.5, 0.6) is 0 Å². The minimum Gasteiger partial charge on any atom is -0.394 e. The van der Waals surface area contributed by atoms with Gasteiger partial charge in [0.25, 0.3) is 0 Å². The zero-order valence-corrected chi connectivity index (χ0v) is 14.8. The molecule has 9 nitrogen and oxygen atoms in total. The molecule has 154 valence electrons. The van der Waals surface area contributed by atoms with Crippen LogP contribution in [0.3, 0.4) is 0 Å². The first-order valence-corrected chi connectivity index (χ1v) is 8.48. The molecule has 1 aliphatic heterocycles. The minimum atomic E-state index is -1.42. The van der Waals surface area contributed by atoms with Gasteiger partial charge in [-0.1, -0.05) is 42.5 Å². The van der Waals surface area contributed by atoms with Crippen molar-refractivity contribution < 1.29 is 45.2 Å². The van der Waals surface area contributed by atoms with Crippen molar-refractivity contribution >= 4 is 6.08 Å². The highest BCUT2D eigenvalue weighted by Crippen LogP contribution is 2.21. The fourth-order valence-electron chi connectivity index (χ4n) is 2.16. The van der Waals surface area contributed by atoms with Gasteiger partial charge in [-0.25, -0.2) is 0 Å². The van der Waals surface area contributed by atoms with E-state index in [2.05, 4.69) is 0 Å². The second-order valence-corrected chi connectivity index (χ2v) is 5.86. The summed E-state index contributed by atoms with van der Waals surface area (Å²) in [5.41, 5.74) is 1.01. The van der Waals surface area contributed by atoms with Crippen molar-refractivity contribution in [3.8, 4) is 0 Å². The average Bonchev–Trinajstić information content (AvgIpc) is 2.71. The Kier molecular flexibility index (Phi) is 11.3. The smallest absolute Gasteiger partial charge is 0.187 e. The lowest BCUT2D eigenvalue weighted by Crippen LogP contribution is -2.59. The van der Waals surface area contributed by atoms with Gasteiger partial charge in [-0.05, 0) is 5.56 Å². The van der Waals surface area contributed by atoms with Crippen LogP contribution in [0.15, 0.2) is 36.4 Å². The predicted octanol–water partition coefficient (Wildman–Crippen LogP) is -2.15. The molecule has 0 aliphatic carbocycles. The van der Waals surface area contributed by atoms with Crippen molar-refractivity contribution in [3.63, 3.8) is 0 Å². The summed E-state index contributed by atoms with van der Waals surface area (Å²) in [5, 5.41) is 62.1. The van der Waals surface area contributed by atoms with Crippen LogP contribution in [0.2, 0.25) is 0 Å². The molecule has 1 aromatic carbocycles. The number of hydrogen-bond acceptors (Lipinski definition) is 9. The van der Waals surface area contributed by atoms with Gasteiger partial charge in [-0.3, -0.25) is 0 Å². The van der Waals surface area contributed by atoms with Crippen molar-refractivity contribution in [1.82, 2.24) is 0 Å². The molecule has 9 heteroatoms. The van der Waals surface area contributed by atoms with Crippen molar-refractivity contribution in [2.24, 2.45) is 0 Å². The van der Waals surface area contributed by atoms with Gasteiger partial charge in [0, 0.05) is 0 Å². The van der Waals surface area contributed by atoms with E-state index in [-0.39, 0.29) is 19.8 Å². The largest absolute Gasteiger partial charge is 0.394 e. The van der Waals surface area contributed by atoms with Gasteiger partial charge in [-0.15, -0.1) is 0 Å². The van der Waals surface area contributed by atoms with E-state index in [0.29, 0.717) is 0 Å². The molecule has 0 aromatic heterocycles. The summed E-state index contributed by atoms with van der Waals surface area (Å²) in [6, 6.07) is 9.62. The number of benzene rings is 1. The summed E-state index contributed by atoms with van der Waals surface area (Å²) in [7, 11) is 0. The molecule has 27 heavy (non-hydrogen) atoms. The van der Waals surface area contributed by atoms with Crippen LogP contribution >= 0.6 is 0 Å². The highest BCUT2D eigenvalue weighted by atomic mass is 16.7. The second kappa shape index (κ2) is 12.9. The van der Waals surface area contributed by atoms with Crippen LogP contribution in [-0.2, 0) is 9.47 Å². The number of aliphatic hydroxyl groups is 7. The summed E-state index contributed by atoms with van der Waals surface area (Å²) in [6.45, 7) is -1.03. The summed E-state index contributed by atoms with van der Waals surface area (Å²) >= 11 is 0. The molecule has 1 saturated heterocycles. The Labute approximate surface area is 157 Å². The summed E-state index contributed by atoms with van der Waals surface area (Å²) in [6.07, 6.45) is -3.56. The summed E-state index contributed by atoms with van der Waals surface area (Å²) in [4.78, 5) is 0. The first-order chi connectivity index (χ1) is 12.9. The Balaban J connectivity index is 0.000000527. The molecule has 0 radical (unpaired) electrons. The van der Waals surface area contributed by atoms with E-state index in [1.54, 1.807) is 6.08 Å². The fourth-order valence-corrected chi connectivity index (χ4v) is 2.16. The molecule has 0 amide bonds. The van der Waals surface area contributed by atoms with E-state index in [0.717, 1.165) is 5.56 Å². The molecule has 0 unspecified atom stereocenters. The molecule has 7 N–H and O–H groups in total. The first-order valence-electron chi connectivity index (χ1n) is 8.48. The van der Waals surface area contributed by atoms with E-state index in [1.165, 1.54) is 0 Å². The zero-order valence-electron chi connectivity index (χ0n) is 14.8. The van der Waals surface area contributed by atoms with Crippen LogP contribution < -0.4 is 0 Å². The van der Waals surface area contributed by atoms with Crippen LogP contribution in [0.25, 0.3) is 6.08 Å². The van der Waals surface area contributed by atoms with Gasteiger partial charge in [0.2, 0.25) is 0 Å². The Morgan fingerprint density at radius 2 is 1.59 bits per heavy atom. The third kappa shape index (κ3) is 8.01. The molecule has 1 fully saturated rings. The molecule has 0 saturated carbocycles. The molecular weight excluding hydrogens is 360 g/mol. The van der Waals surface area contributed by atoms with E-state index in [4.69, 9.17) is 29.9 Å². The maximum atomic E-state index is 9.77. The highest BCUT2D eigenvalue weighted by molar-refractivity contribution is 5.48. The summed E-state index contributed by atoms with van der Waals surface area (Å²) in [5.74, 6) is 0. The maximum Gasteiger partial charge on any atom is 0.187 e. The fraction of sp³-hybridized carbons (Fsp3) is 0.556. The zero-order chi connectivity index (χ0) is 20.2. The first kappa shape index (κ1) is 23.6. The van der Waals surface area contributed by atoms with E-state index < -0.39 is 43.4 Å². The van der Waals surface area contributed by atoms with Crippen molar-refractivity contribution in [2.45, 2.75) is 36.8 Å². The Morgan fingerprint density at radius 3 is 2.11 bits per heavy atom. The predicted molar refractivity (Wildman–Crippen MR) is 95.4 cm³/mol. The molecule has 1 heterocycles. The van der Waals surface area contributed by atoms with Gasteiger partial charge >= 0.3 is 0 Å². The topological polar surface area (TPSA) is 160 Å². The lowest BCUT2D eigenvalue weighted by atomic mass is 9.99. The Bertz CT molecular complexity index is 519. The second-order valence-electron chi connectivity index (χ2n) is 5.86. The molecule has 1 aliphatic rings. The van der Waals surface area contributed by atoms with E-state index >= 15 is 0 Å². The minimum absolute atomic E-state index is 0.164. The lowest BCUT2D eigenvalue weighted by molar-refractivity contribution is -0.298. The van der Waals surface area contributed by atoms with Gasteiger partial charge in [0.05, 0.1) is 26.4 Å². The molecule has 5 atom stereocenters. The maximum absolute atomic E-state index is 9.77. The van der Waals surface area contributed by atoms with Crippen LogP contribution in [0, 0.1) is 0 Å². The quantitative estimate of drug-likeness (QED) is 0.276. The number of hydrogen-bond donors (Lipinski definition) is 7. The van der Waals surface area contributed by atoms with Crippen molar-refractivity contribution in [2.75, 3.05) is 26.4 Å². The normalized spacial score (nSPS) is 28.2. The molecule has 2 rings (SSSR count). The SMILES string of the molecule is OCC(O)CO.OC[C@H]1O[C@@H](OC/C=C/c2ccccc2)[C@H](O)[C@@H](O)[C@@H]1O. The number of rotatable bonds is 7. The van der Waals surface area contributed by atoms with Crippen molar-refractivity contribution in [3.05, 3.63) is 42.0 Å². The van der Waals surface area contributed by atoms with Crippen molar-refractivity contribution in [1.29, 1.82) is 0 Å². The van der Waals surface area contributed by atoms with E-state index in [1.807, 2.05) is 36.4 Å². The number of aliphatic hydroxyl groups excluding tert-OH is 7. The van der Waals surface area contributed by atoms with Crippen LogP contribution in [0.1, 0.15) is 5.56 Å². The third-order valence-corrected chi connectivity index (χ3v) is 3.74. The molecule has 0 bridgehead atoms. The van der Waals surface area contributed by atoms with E-state index in [9.17, 15) is 15.3 Å². The number of ether oxygens (including phenoxy) is 2. The van der Waals surface area contributed by atoms with Crippen LogP contribution in [-0.4, -0.2) is 99.0 Å². The highest BCUT2D eigenvalue weighted by Gasteiger charge is 2.43. The molecule has 1 aromatic rings. The lowest BCUT2D eigenvalue weighted by Gasteiger charge is -2.39. The van der Waals surface area contributed by atoms with Crippen LogP contribution in [0.4, 0.5) is 0 Å². The van der Waals surface area contributed by atoms with Gasteiger partial charge in [0.15, 0.2) is 6.29 Å². The Morgan fingerprint density at radius 1 is 0.963 bits per heavy atom. The third-order valence-electron chi connectivity index (χ3n) is 3.74. The van der Waals surface area contributed by atoms with Gasteiger partial charge < -0.3 is 45.2 Å². The van der Waals surface area contributed by atoms with Gasteiger partial charge in [-0.2, -0.15) is 0 Å². The Hall–Kier alpha value is -1.40. The monoisotopic (exact) mass is 388 g/mol. The summed E-state index contributed by atoms with van der Waals surface area (Å²) < 4.78 is 10.5.